The van der Waals surface area contributed by atoms with Crippen LogP contribution in [0, 0.1) is 0 Å². The van der Waals surface area contributed by atoms with Crippen molar-refractivity contribution in [3.8, 4) is 5.75 Å². The number of aromatic hydroxyl groups is 1. The van der Waals surface area contributed by atoms with Gasteiger partial charge in [0.1, 0.15) is 17.8 Å². The van der Waals surface area contributed by atoms with Crippen LogP contribution in [0.2, 0.25) is 5.02 Å². The van der Waals surface area contributed by atoms with E-state index in [2.05, 4.69) is 10.6 Å². The number of phenolic OH excluding ortho intramolecular Hbond substituents is 1. The Morgan fingerprint density at radius 3 is 2.68 bits per heavy atom. The molecule has 0 aromatic heterocycles. The standard InChI is InChI=1S/C21H22ClN3O3/c22-15-3-1-2-14(8-15)11-23-16-10-19-20(27)24-18(21(28)25(19)12-16)9-13-4-6-17(26)7-5-13/h1-8,16,18-19,23,26H,9-12H2,(H,24,27)/t16-,18+,19-/m0/s1. The third-order valence-electron chi connectivity index (χ3n) is 5.36. The van der Waals surface area contributed by atoms with Crippen LogP contribution in [0.5, 0.6) is 5.75 Å². The second-order valence-corrected chi connectivity index (χ2v) is 7.82. The Morgan fingerprint density at radius 1 is 1.14 bits per heavy atom. The summed E-state index contributed by atoms with van der Waals surface area (Å²) in [6, 6.07) is 13.4. The number of amides is 2. The summed E-state index contributed by atoms with van der Waals surface area (Å²) in [7, 11) is 0. The summed E-state index contributed by atoms with van der Waals surface area (Å²) >= 11 is 6.02. The van der Waals surface area contributed by atoms with Gasteiger partial charge >= 0.3 is 0 Å². The minimum Gasteiger partial charge on any atom is -0.508 e. The Bertz CT molecular complexity index is 887. The van der Waals surface area contributed by atoms with Gasteiger partial charge in [0.25, 0.3) is 0 Å². The predicted octanol–water partition coefficient (Wildman–Crippen LogP) is 1.85. The van der Waals surface area contributed by atoms with Crippen molar-refractivity contribution in [1.82, 2.24) is 15.5 Å². The van der Waals surface area contributed by atoms with Crippen molar-refractivity contribution in [3.63, 3.8) is 0 Å². The van der Waals surface area contributed by atoms with Gasteiger partial charge in [-0.1, -0.05) is 35.9 Å². The molecule has 0 aliphatic carbocycles. The van der Waals surface area contributed by atoms with E-state index < -0.39 is 12.1 Å². The smallest absolute Gasteiger partial charge is 0.246 e. The molecule has 2 aromatic rings. The van der Waals surface area contributed by atoms with E-state index in [1.807, 2.05) is 24.3 Å². The molecule has 0 unspecified atom stereocenters. The van der Waals surface area contributed by atoms with Crippen molar-refractivity contribution < 1.29 is 14.7 Å². The van der Waals surface area contributed by atoms with E-state index in [1.165, 1.54) is 0 Å². The Labute approximate surface area is 168 Å². The number of carbonyl (C=O) groups is 2. The molecule has 2 aliphatic heterocycles. The molecule has 3 N–H and O–H groups in total. The van der Waals surface area contributed by atoms with Crippen LogP contribution in [-0.4, -0.2) is 46.5 Å². The minimum atomic E-state index is -0.569. The molecule has 0 spiro atoms. The lowest BCUT2D eigenvalue weighted by atomic mass is 10.0. The number of nitrogens with one attached hydrogen (secondary N) is 2. The van der Waals surface area contributed by atoms with Gasteiger partial charge in [-0.15, -0.1) is 0 Å². The fraction of sp³-hybridized carbons (Fsp3) is 0.333. The lowest BCUT2D eigenvalue weighted by Gasteiger charge is -2.34. The summed E-state index contributed by atoms with van der Waals surface area (Å²) in [5, 5.41) is 16.4. The van der Waals surface area contributed by atoms with E-state index >= 15 is 0 Å². The highest BCUT2D eigenvalue weighted by Crippen LogP contribution is 2.24. The number of rotatable bonds is 5. The zero-order chi connectivity index (χ0) is 19.7. The van der Waals surface area contributed by atoms with Crippen molar-refractivity contribution in [2.75, 3.05) is 6.54 Å². The van der Waals surface area contributed by atoms with Gasteiger partial charge in [-0.3, -0.25) is 9.59 Å². The minimum absolute atomic E-state index is 0.0512. The second kappa shape index (κ2) is 7.81. The number of benzene rings is 2. The van der Waals surface area contributed by atoms with Crippen LogP contribution in [0.1, 0.15) is 17.5 Å². The zero-order valence-electron chi connectivity index (χ0n) is 15.3. The summed E-state index contributed by atoms with van der Waals surface area (Å²) in [4.78, 5) is 27.1. The number of fused-ring (bicyclic) bond motifs is 1. The summed E-state index contributed by atoms with van der Waals surface area (Å²) in [6.07, 6.45) is 1.01. The molecule has 0 radical (unpaired) electrons. The van der Waals surface area contributed by atoms with Crippen LogP contribution in [0.3, 0.4) is 0 Å². The van der Waals surface area contributed by atoms with E-state index in [0.29, 0.717) is 31.0 Å². The number of carbonyl (C=O) groups excluding carboxylic acids is 2. The average Bonchev–Trinajstić information content (AvgIpc) is 3.11. The van der Waals surface area contributed by atoms with E-state index in [9.17, 15) is 14.7 Å². The molecule has 2 aliphatic rings. The predicted molar refractivity (Wildman–Crippen MR) is 106 cm³/mol. The molecule has 2 heterocycles. The number of halogens is 1. The Morgan fingerprint density at radius 2 is 1.93 bits per heavy atom. The van der Waals surface area contributed by atoms with Crippen molar-refractivity contribution >= 4 is 23.4 Å². The monoisotopic (exact) mass is 399 g/mol. The average molecular weight is 400 g/mol. The summed E-state index contributed by atoms with van der Waals surface area (Å²) in [5.41, 5.74) is 1.96. The molecule has 2 fully saturated rings. The first-order valence-corrected chi connectivity index (χ1v) is 9.74. The lowest BCUT2D eigenvalue weighted by molar-refractivity contribution is -0.147. The lowest BCUT2D eigenvalue weighted by Crippen LogP contribution is -2.61. The first-order chi connectivity index (χ1) is 13.5. The van der Waals surface area contributed by atoms with Crippen LogP contribution in [0.25, 0.3) is 0 Å². The van der Waals surface area contributed by atoms with Crippen molar-refractivity contribution in [2.45, 2.75) is 37.5 Å². The zero-order valence-corrected chi connectivity index (χ0v) is 16.0. The normalized spacial score (nSPS) is 24.2. The van der Waals surface area contributed by atoms with E-state index in [4.69, 9.17) is 11.6 Å². The molecular formula is C21H22ClN3O3. The second-order valence-electron chi connectivity index (χ2n) is 7.38. The number of hydrogen-bond donors (Lipinski definition) is 3. The van der Waals surface area contributed by atoms with E-state index in [0.717, 1.165) is 11.1 Å². The van der Waals surface area contributed by atoms with Crippen LogP contribution in [-0.2, 0) is 22.6 Å². The van der Waals surface area contributed by atoms with Crippen LogP contribution >= 0.6 is 11.6 Å². The third kappa shape index (κ3) is 3.98. The molecule has 2 aromatic carbocycles. The summed E-state index contributed by atoms with van der Waals surface area (Å²) < 4.78 is 0. The van der Waals surface area contributed by atoms with Crippen molar-refractivity contribution in [1.29, 1.82) is 0 Å². The van der Waals surface area contributed by atoms with Crippen molar-refractivity contribution in [2.24, 2.45) is 0 Å². The SMILES string of the molecule is O=C1N[C@H](Cc2ccc(O)cc2)C(=O)N2C[C@@H](NCc3cccc(Cl)c3)C[C@@H]12. The van der Waals surface area contributed by atoms with Gasteiger partial charge in [-0.05, 0) is 41.8 Å². The summed E-state index contributed by atoms with van der Waals surface area (Å²) in [5.74, 6) is 0.0242. The molecular weight excluding hydrogens is 378 g/mol. The quantitative estimate of drug-likeness (QED) is 0.716. The Kier molecular flexibility index (Phi) is 5.24. The van der Waals surface area contributed by atoms with Gasteiger partial charge in [0.15, 0.2) is 0 Å². The molecule has 4 rings (SSSR count). The molecule has 2 saturated heterocycles. The van der Waals surface area contributed by atoms with Gasteiger partial charge in [-0.2, -0.15) is 0 Å². The maximum absolute atomic E-state index is 12.9. The largest absolute Gasteiger partial charge is 0.508 e. The Balaban J connectivity index is 1.39. The number of phenols is 1. The topological polar surface area (TPSA) is 81.7 Å². The van der Waals surface area contributed by atoms with E-state index in [-0.39, 0.29) is 23.6 Å². The Hall–Kier alpha value is -2.57. The molecule has 7 heteroatoms. The highest BCUT2D eigenvalue weighted by Gasteiger charge is 2.46. The van der Waals surface area contributed by atoms with Gasteiger partial charge in [0, 0.05) is 30.6 Å². The number of nitrogens with zero attached hydrogens (tertiary/aromatic N) is 1. The molecule has 28 heavy (non-hydrogen) atoms. The molecule has 0 saturated carbocycles. The van der Waals surface area contributed by atoms with Gasteiger partial charge < -0.3 is 20.6 Å². The highest BCUT2D eigenvalue weighted by molar-refractivity contribution is 6.30. The fourth-order valence-electron chi connectivity index (χ4n) is 3.92. The highest BCUT2D eigenvalue weighted by atomic mass is 35.5. The van der Waals surface area contributed by atoms with Crippen LogP contribution < -0.4 is 10.6 Å². The number of piperazine rings is 1. The van der Waals surface area contributed by atoms with Gasteiger partial charge in [0.2, 0.25) is 11.8 Å². The maximum Gasteiger partial charge on any atom is 0.246 e. The first-order valence-electron chi connectivity index (χ1n) is 9.36. The maximum atomic E-state index is 12.9. The van der Waals surface area contributed by atoms with Crippen molar-refractivity contribution in [3.05, 3.63) is 64.7 Å². The molecule has 2 amide bonds. The van der Waals surface area contributed by atoms with E-state index in [1.54, 1.807) is 29.2 Å². The number of hydrogen-bond acceptors (Lipinski definition) is 4. The van der Waals surface area contributed by atoms with Gasteiger partial charge in [0.05, 0.1) is 0 Å². The van der Waals surface area contributed by atoms with Crippen LogP contribution in [0.15, 0.2) is 48.5 Å². The molecule has 3 atom stereocenters. The molecule has 0 bridgehead atoms. The van der Waals surface area contributed by atoms with Gasteiger partial charge in [-0.25, -0.2) is 0 Å². The molecule has 146 valence electrons. The fourth-order valence-corrected chi connectivity index (χ4v) is 4.13. The molecule has 6 nitrogen and oxygen atoms in total. The van der Waals surface area contributed by atoms with Crippen LogP contribution in [0.4, 0.5) is 0 Å². The first kappa shape index (κ1) is 18.8. The third-order valence-corrected chi connectivity index (χ3v) is 5.60. The summed E-state index contributed by atoms with van der Waals surface area (Å²) in [6.45, 7) is 1.15.